The van der Waals surface area contributed by atoms with Crippen molar-refractivity contribution in [3.63, 3.8) is 0 Å². The summed E-state index contributed by atoms with van der Waals surface area (Å²) in [5.74, 6) is -1.39. The van der Waals surface area contributed by atoms with Crippen LogP contribution in [0, 0.1) is 21.7 Å². The Morgan fingerprint density at radius 1 is 1.14 bits per heavy atom. The molecule has 0 saturated carbocycles. The lowest BCUT2D eigenvalue weighted by molar-refractivity contribution is -0.384. The zero-order chi connectivity index (χ0) is 21.0. The molecule has 0 radical (unpaired) electrons. The molecule has 1 saturated heterocycles. The summed E-state index contributed by atoms with van der Waals surface area (Å²) < 4.78 is 58.4. The highest BCUT2D eigenvalue weighted by atomic mass is 32.2. The van der Waals surface area contributed by atoms with Crippen LogP contribution in [0.4, 0.5) is 20.2 Å². The van der Waals surface area contributed by atoms with E-state index in [0.29, 0.717) is 0 Å². The van der Waals surface area contributed by atoms with Gasteiger partial charge in [-0.2, -0.15) is 4.31 Å². The van der Waals surface area contributed by atoms with E-state index in [0.717, 1.165) is 18.2 Å². The third-order valence-electron chi connectivity index (χ3n) is 4.50. The number of nitro groups is 1. The third kappa shape index (κ3) is 4.86. The van der Waals surface area contributed by atoms with E-state index < -0.39 is 32.3 Å². The fourth-order valence-electron chi connectivity index (χ4n) is 2.96. The average Bonchev–Trinajstić information content (AvgIpc) is 2.70. The van der Waals surface area contributed by atoms with Gasteiger partial charge in [-0.05, 0) is 30.2 Å². The van der Waals surface area contributed by atoms with E-state index in [4.69, 9.17) is 4.74 Å². The van der Waals surface area contributed by atoms with Crippen molar-refractivity contribution in [2.24, 2.45) is 0 Å². The van der Waals surface area contributed by atoms with Crippen LogP contribution >= 0.6 is 0 Å². The number of nitro benzene ring substituents is 1. The number of ether oxygens (including phenoxy) is 1. The van der Waals surface area contributed by atoms with Crippen LogP contribution in [0.15, 0.2) is 41.3 Å². The third-order valence-corrected chi connectivity index (χ3v) is 6.39. The fraction of sp³-hybridized carbons (Fsp3) is 0.333. The van der Waals surface area contributed by atoms with Crippen molar-refractivity contribution < 1.29 is 26.9 Å². The number of benzene rings is 2. The SMILES string of the molecule is O=[N+]([O-])c1cc(S(=O)(=O)N2CCOCC2)ccc1NCCc1ccc(F)cc1F. The van der Waals surface area contributed by atoms with Crippen LogP contribution in [0.3, 0.4) is 0 Å². The molecule has 0 aliphatic carbocycles. The normalized spacial score (nSPS) is 15.2. The van der Waals surface area contributed by atoms with Crippen LogP contribution in [0.25, 0.3) is 0 Å². The van der Waals surface area contributed by atoms with Gasteiger partial charge in [0, 0.05) is 31.8 Å². The zero-order valence-corrected chi connectivity index (χ0v) is 16.1. The highest BCUT2D eigenvalue weighted by Gasteiger charge is 2.28. The Bertz CT molecular complexity index is 1010. The van der Waals surface area contributed by atoms with Crippen LogP contribution in [-0.4, -0.2) is 50.5 Å². The number of anilines is 1. The van der Waals surface area contributed by atoms with E-state index in [-0.39, 0.29) is 55.4 Å². The first-order valence-electron chi connectivity index (χ1n) is 8.83. The maximum Gasteiger partial charge on any atom is 0.293 e. The molecule has 1 N–H and O–H groups in total. The van der Waals surface area contributed by atoms with Gasteiger partial charge in [-0.15, -0.1) is 0 Å². The van der Waals surface area contributed by atoms with Gasteiger partial charge in [-0.25, -0.2) is 17.2 Å². The molecule has 8 nitrogen and oxygen atoms in total. The first-order chi connectivity index (χ1) is 13.8. The monoisotopic (exact) mass is 427 g/mol. The Labute approximate surface area is 166 Å². The smallest absolute Gasteiger partial charge is 0.293 e. The molecular weight excluding hydrogens is 408 g/mol. The summed E-state index contributed by atoms with van der Waals surface area (Å²) in [7, 11) is -3.87. The molecular formula is C18H19F2N3O5S. The molecule has 0 unspecified atom stereocenters. The number of hydrogen-bond acceptors (Lipinski definition) is 6. The second kappa shape index (κ2) is 8.80. The standard InChI is InChI=1S/C18H19F2N3O5S/c19-14-2-1-13(16(20)11-14)5-6-21-17-4-3-15(12-18(17)23(24)25)29(26,27)22-7-9-28-10-8-22/h1-4,11-12,21H,5-10H2. The molecule has 3 rings (SSSR count). The number of sulfonamides is 1. The van der Waals surface area contributed by atoms with Crippen molar-refractivity contribution in [2.45, 2.75) is 11.3 Å². The maximum absolute atomic E-state index is 13.7. The number of nitrogens with zero attached hydrogens (tertiary/aromatic N) is 2. The Kier molecular flexibility index (Phi) is 6.40. The zero-order valence-electron chi connectivity index (χ0n) is 15.3. The van der Waals surface area contributed by atoms with E-state index in [1.54, 1.807) is 0 Å². The van der Waals surface area contributed by atoms with Crippen LogP contribution in [0.5, 0.6) is 0 Å². The minimum absolute atomic E-state index is 0.110. The van der Waals surface area contributed by atoms with Gasteiger partial charge in [0.1, 0.15) is 17.3 Å². The molecule has 11 heteroatoms. The van der Waals surface area contributed by atoms with Crippen LogP contribution in [-0.2, 0) is 21.2 Å². The van der Waals surface area contributed by atoms with E-state index in [1.807, 2.05) is 0 Å². The predicted octanol–water partition coefficient (Wildman–Crippen LogP) is 2.55. The van der Waals surface area contributed by atoms with Crippen LogP contribution in [0.1, 0.15) is 5.56 Å². The second-order valence-electron chi connectivity index (χ2n) is 6.37. The van der Waals surface area contributed by atoms with Crippen molar-refractivity contribution in [2.75, 3.05) is 38.2 Å². The molecule has 1 aliphatic rings. The topological polar surface area (TPSA) is 102 Å². The predicted molar refractivity (Wildman–Crippen MR) is 101 cm³/mol. The van der Waals surface area contributed by atoms with Gasteiger partial charge in [0.05, 0.1) is 23.0 Å². The van der Waals surface area contributed by atoms with E-state index in [1.165, 1.54) is 22.5 Å². The summed E-state index contributed by atoms with van der Waals surface area (Å²) in [5.41, 5.74) is -0.0366. The Balaban J connectivity index is 1.76. The highest BCUT2D eigenvalue weighted by Crippen LogP contribution is 2.29. The lowest BCUT2D eigenvalue weighted by Crippen LogP contribution is -2.40. The summed E-state index contributed by atoms with van der Waals surface area (Å²) in [6.45, 7) is 1.03. The molecule has 1 fully saturated rings. The summed E-state index contributed by atoms with van der Waals surface area (Å²) in [5, 5.41) is 14.3. The lowest BCUT2D eigenvalue weighted by Gasteiger charge is -2.26. The quantitative estimate of drug-likeness (QED) is 0.538. The molecule has 156 valence electrons. The maximum atomic E-state index is 13.7. The van der Waals surface area contributed by atoms with Gasteiger partial charge in [-0.3, -0.25) is 10.1 Å². The average molecular weight is 427 g/mol. The van der Waals surface area contributed by atoms with Gasteiger partial charge in [0.2, 0.25) is 10.0 Å². The van der Waals surface area contributed by atoms with Gasteiger partial charge >= 0.3 is 0 Å². The minimum atomic E-state index is -3.87. The van der Waals surface area contributed by atoms with Crippen molar-refractivity contribution in [1.29, 1.82) is 0 Å². The molecule has 0 spiro atoms. The minimum Gasteiger partial charge on any atom is -0.379 e. The van der Waals surface area contributed by atoms with E-state index in [2.05, 4.69) is 5.32 Å². The first kappa shape index (κ1) is 21.1. The number of morpholine rings is 1. The van der Waals surface area contributed by atoms with Crippen molar-refractivity contribution in [3.8, 4) is 0 Å². The Hall–Kier alpha value is -2.63. The van der Waals surface area contributed by atoms with Gasteiger partial charge in [0.25, 0.3) is 5.69 Å². The summed E-state index contributed by atoms with van der Waals surface area (Å²) >= 11 is 0. The Morgan fingerprint density at radius 3 is 2.52 bits per heavy atom. The first-order valence-corrected chi connectivity index (χ1v) is 10.3. The number of rotatable bonds is 7. The molecule has 0 aromatic heterocycles. The largest absolute Gasteiger partial charge is 0.379 e. The Morgan fingerprint density at radius 2 is 1.86 bits per heavy atom. The molecule has 2 aromatic carbocycles. The second-order valence-corrected chi connectivity index (χ2v) is 8.30. The summed E-state index contributed by atoms with van der Waals surface area (Å²) in [4.78, 5) is 10.6. The van der Waals surface area contributed by atoms with E-state index >= 15 is 0 Å². The lowest BCUT2D eigenvalue weighted by atomic mass is 10.1. The molecule has 0 atom stereocenters. The van der Waals surface area contributed by atoms with E-state index in [9.17, 15) is 27.3 Å². The molecule has 1 heterocycles. The fourth-order valence-corrected chi connectivity index (χ4v) is 4.39. The summed E-state index contributed by atoms with van der Waals surface area (Å²) in [6, 6.07) is 6.81. The molecule has 2 aromatic rings. The van der Waals surface area contributed by atoms with Crippen LogP contribution in [0.2, 0.25) is 0 Å². The van der Waals surface area contributed by atoms with Crippen molar-refractivity contribution in [1.82, 2.24) is 4.31 Å². The van der Waals surface area contributed by atoms with Gasteiger partial charge < -0.3 is 10.1 Å². The molecule has 0 amide bonds. The highest BCUT2D eigenvalue weighted by molar-refractivity contribution is 7.89. The molecule has 0 bridgehead atoms. The van der Waals surface area contributed by atoms with Gasteiger partial charge in [0.15, 0.2) is 0 Å². The number of nitrogens with one attached hydrogen (secondary N) is 1. The van der Waals surface area contributed by atoms with Crippen LogP contribution < -0.4 is 5.32 Å². The molecule has 29 heavy (non-hydrogen) atoms. The van der Waals surface area contributed by atoms with Crippen molar-refractivity contribution in [3.05, 3.63) is 63.7 Å². The van der Waals surface area contributed by atoms with Gasteiger partial charge in [-0.1, -0.05) is 6.07 Å². The number of halogens is 2. The van der Waals surface area contributed by atoms with Crippen molar-refractivity contribution >= 4 is 21.4 Å². The molecule has 1 aliphatic heterocycles. The number of hydrogen-bond donors (Lipinski definition) is 1. The summed E-state index contributed by atoms with van der Waals surface area (Å²) in [6.07, 6.45) is 0.164.